The van der Waals surface area contributed by atoms with Crippen molar-refractivity contribution < 1.29 is 4.92 Å². The first-order valence-corrected chi connectivity index (χ1v) is 4.58. The number of hydrogen-bond donors (Lipinski definition) is 0. The van der Waals surface area contributed by atoms with Gasteiger partial charge in [0.25, 0.3) is 5.69 Å². The van der Waals surface area contributed by atoms with E-state index in [1.54, 1.807) is 12.1 Å². The van der Waals surface area contributed by atoms with Crippen molar-refractivity contribution in [3.05, 3.63) is 52.1 Å². The van der Waals surface area contributed by atoms with E-state index in [0.717, 1.165) is 0 Å². The molecular weight excluding hydrogens is 190 g/mol. The molecule has 1 rings (SSSR count). The third-order valence-electron chi connectivity index (χ3n) is 1.75. The lowest BCUT2D eigenvalue weighted by atomic mass is 10.2. The summed E-state index contributed by atoms with van der Waals surface area (Å²) in [5, 5.41) is 10.5. The Bertz CT molecular complexity index is 438. The molecule has 0 aromatic heterocycles. The number of nitro groups is 1. The van der Waals surface area contributed by atoms with Crippen molar-refractivity contribution in [1.82, 2.24) is 0 Å². The molecule has 0 heterocycles. The second kappa shape index (κ2) is 5.61. The summed E-state index contributed by atoms with van der Waals surface area (Å²) in [7, 11) is 0. The normalized spacial score (nSPS) is 9.67. The topological polar surface area (TPSA) is 43.1 Å². The van der Waals surface area contributed by atoms with Gasteiger partial charge in [-0.1, -0.05) is 30.1 Å². The molecule has 0 aliphatic carbocycles. The summed E-state index contributed by atoms with van der Waals surface area (Å²) in [6.45, 7) is 1.93. The Hall–Kier alpha value is -2.08. The van der Waals surface area contributed by atoms with Crippen LogP contribution in [0.25, 0.3) is 0 Å². The monoisotopic (exact) mass is 201 g/mol. The second-order valence-electron chi connectivity index (χ2n) is 2.88. The average molecular weight is 201 g/mol. The molecule has 0 fully saturated rings. The van der Waals surface area contributed by atoms with Gasteiger partial charge < -0.3 is 0 Å². The Morgan fingerprint density at radius 1 is 1.53 bits per heavy atom. The van der Waals surface area contributed by atoms with Gasteiger partial charge in [-0.25, -0.2) is 0 Å². The molecule has 0 saturated carbocycles. The van der Waals surface area contributed by atoms with Gasteiger partial charge >= 0.3 is 0 Å². The van der Waals surface area contributed by atoms with Crippen LogP contribution < -0.4 is 0 Å². The fraction of sp³-hybridized carbons (Fsp3) is 0.167. The molecule has 0 atom stereocenters. The molecule has 0 unspecified atom stereocenters. The van der Waals surface area contributed by atoms with E-state index in [2.05, 4.69) is 11.8 Å². The maximum atomic E-state index is 10.5. The SMILES string of the molecule is C/C=C/CC#Cc1cccc([N+](=O)[O-])c1. The number of rotatable bonds is 2. The predicted octanol–water partition coefficient (Wildman–Crippen LogP) is 2.91. The highest BCUT2D eigenvalue weighted by Crippen LogP contribution is 2.11. The lowest BCUT2D eigenvalue weighted by molar-refractivity contribution is -0.384. The van der Waals surface area contributed by atoms with E-state index in [4.69, 9.17) is 0 Å². The standard InChI is InChI=1S/C12H11NO2/c1-2-3-4-5-7-11-8-6-9-12(10-11)13(14)15/h2-3,6,8-10H,4H2,1H3/b3-2+. The minimum atomic E-state index is -0.420. The Morgan fingerprint density at radius 3 is 3.00 bits per heavy atom. The fourth-order valence-corrected chi connectivity index (χ4v) is 1.03. The fourth-order valence-electron chi connectivity index (χ4n) is 1.03. The molecule has 0 N–H and O–H groups in total. The van der Waals surface area contributed by atoms with Gasteiger partial charge in [0.2, 0.25) is 0 Å². The third-order valence-corrected chi connectivity index (χ3v) is 1.75. The van der Waals surface area contributed by atoms with E-state index >= 15 is 0 Å². The first kappa shape index (κ1) is 11.0. The highest BCUT2D eigenvalue weighted by Gasteiger charge is 2.03. The Morgan fingerprint density at radius 2 is 2.33 bits per heavy atom. The lowest BCUT2D eigenvalue weighted by Crippen LogP contribution is -1.87. The van der Waals surface area contributed by atoms with Crippen molar-refractivity contribution in [2.75, 3.05) is 0 Å². The number of nitro benzene ring substituents is 1. The molecule has 0 saturated heterocycles. The zero-order chi connectivity index (χ0) is 11.1. The molecule has 1 aromatic rings. The molecule has 15 heavy (non-hydrogen) atoms. The molecule has 0 spiro atoms. The summed E-state index contributed by atoms with van der Waals surface area (Å²) in [5.41, 5.74) is 0.751. The van der Waals surface area contributed by atoms with Gasteiger partial charge in [0, 0.05) is 24.1 Å². The Kier molecular flexibility index (Phi) is 4.11. The first-order valence-electron chi connectivity index (χ1n) is 4.58. The van der Waals surface area contributed by atoms with Crippen molar-refractivity contribution in [3.8, 4) is 11.8 Å². The maximum Gasteiger partial charge on any atom is 0.270 e. The van der Waals surface area contributed by atoms with Crippen molar-refractivity contribution in [3.63, 3.8) is 0 Å². The summed E-state index contributed by atoms with van der Waals surface area (Å²) in [6.07, 6.45) is 4.52. The van der Waals surface area contributed by atoms with Crippen LogP contribution in [0.5, 0.6) is 0 Å². The quantitative estimate of drug-likeness (QED) is 0.319. The molecule has 0 aliphatic heterocycles. The van der Waals surface area contributed by atoms with E-state index in [0.29, 0.717) is 12.0 Å². The van der Waals surface area contributed by atoms with Crippen LogP contribution in [0.15, 0.2) is 36.4 Å². The van der Waals surface area contributed by atoms with Crippen LogP contribution in [0.3, 0.4) is 0 Å². The molecule has 0 bridgehead atoms. The Labute approximate surface area is 88.6 Å². The Balaban J connectivity index is 2.80. The summed E-state index contributed by atoms with van der Waals surface area (Å²) in [6, 6.07) is 6.33. The van der Waals surface area contributed by atoms with Crippen molar-refractivity contribution in [2.24, 2.45) is 0 Å². The molecule has 1 aromatic carbocycles. The molecule has 76 valence electrons. The minimum absolute atomic E-state index is 0.0767. The van der Waals surface area contributed by atoms with Crippen molar-refractivity contribution in [2.45, 2.75) is 13.3 Å². The third kappa shape index (κ3) is 3.65. The van der Waals surface area contributed by atoms with Gasteiger partial charge in [-0.15, -0.1) is 0 Å². The maximum absolute atomic E-state index is 10.5. The van der Waals surface area contributed by atoms with Gasteiger partial charge in [0.05, 0.1) is 4.92 Å². The van der Waals surface area contributed by atoms with Crippen LogP contribution in [0.4, 0.5) is 5.69 Å². The molecule has 0 amide bonds. The summed E-state index contributed by atoms with van der Waals surface area (Å²) >= 11 is 0. The number of nitrogens with zero attached hydrogens (tertiary/aromatic N) is 1. The predicted molar refractivity (Wildman–Crippen MR) is 59.4 cm³/mol. The minimum Gasteiger partial charge on any atom is -0.258 e. The van der Waals surface area contributed by atoms with Crippen LogP contribution in [0.2, 0.25) is 0 Å². The number of allylic oxidation sites excluding steroid dienone is 2. The molecular formula is C12H11NO2. The van der Waals surface area contributed by atoms with Gasteiger partial charge in [-0.05, 0) is 13.0 Å². The summed E-state index contributed by atoms with van der Waals surface area (Å²) in [4.78, 5) is 10.1. The smallest absolute Gasteiger partial charge is 0.258 e. The highest BCUT2D eigenvalue weighted by molar-refractivity contribution is 5.43. The summed E-state index contributed by atoms with van der Waals surface area (Å²) < 4.78 is 0. The summed E-state index contributed by atoms with van der Waals surface area (Å²) in [5.74, 6) is 5.78. The van der Waals surface area contributed by atoms with Gasteiger partial charge in [0.15, 0.2) is 0 Å². The van der Waals surface area contributed by atoms with Gasteiger partial charge in [-0.2, -0.15) is 0 Å². The van der Waals surface area contributed by atoms with Crippen LogP contribution in [-0.2, 0) is 0 Å². The molecule has 3 nitrogen and oxygen atoms in total. The second-order valence-corrected chi connectivity index (χ2v) is 2.88. The van der Waals surface area contributed by atoms with Crippen LogP contribution in [-0.4, -0.2) is 4.92 Å². The van der Waals surface area contributed by atoms with Crippen LogP contribution in [0.1, 0.15) is 18.9 Å². The van der Waals surface area contributed by atoms with E-state index in [9.17, 15) is 10.1 Å². The number of non-ortho nitro benzene ring substituents is 1. The van der Waals surface area contributed by atoms with Crippen molar-refractivity contribution in [1.29, 1.82) is 0 Å². The van der Waals surface area contributed by atoms with E-state index in [1.165, 1.54) is 12.1 Å². The van der Waals surface area contributed by atoms with E-state index in [-0.39, 0.29) is 5.69 Å². The molecule has 0 radical (unpaired) electrons. The average Bonchev–Trinajstić information content (AvgIpc) is 2.25. The van der Waals surface area contributed by atoms with Crippen molar-refractivity contribution >= 4 is 5.69 Å². The highest BCUT2D eigenvalue weighted by atomic mass is 16.6. The zero-order valence-electron chi connectivity index (χ0n) is 8.43. The lowest BCUT2D eigenvalue weighted by Gasteiger charge is -1.91. The molecule has 3 heteroatoms. The molecule has 0 aliphatic rings. The van der Waals surface area contributed by atoms with E-state index < -0.39 is 4.92 Å². The van der Waals surface area contributed by atoms with E-state index in [1.807, 2.05) is 19.1 Å². The van der Waals surface area contributed by atoms with Crippen LogP contribution in [0, 0.1) is 22.0 Å². The number of hydrogen-bond acceptors (Lipinski definition) is 2. The first-order chi connectivity index (χ1) is 7.24. The van der Waals surface area contributed by atoms with Gasteiger partial charge in [-0.3, -0.25) is 10.1 Å². The number of benzene rings is 1. The van der Waals surface area contributed by atoms with Gasteiger partial charge in [0.1, 0.15) is 0 Å². The van der Waals surface area contributed by atoms with Crippen LogP contribution >= 0.6 is 0 Å². The largest absolute Gasteiger partial charge is 0.270 e. The zero-order valence-corrected chi connectivity index (χ0v) is 8.43.